The van der Waals surface area contributed by atoms with Gasteiger partial charge < -0.3 is 10.1 Å². The van der Waals surface area contributed by atoms with Crippen molar-refractivity contribution in [3.05, 3.63) is 52.2 Å². The van der Waals surface area contributed by atoms with E-state index in [9.17, 15) is 4.79 Å². The topological polar surface area (TPSA) is 38.3 Å². The molecule has 1 aromatic heterocycles. The van der Waals surface area contributed by atoms with E-state index in [1.54, 1.807) is 11.8 Å². The minimum Gasteiger partial charge on any atom is -0.373 e. The largest absolute Gasteiger partial charge is 0.373 e. The predicted octanol–water partition coefficient (Wildman–Crippen LogP) is 4.37. The normalized spacial score (nSPS) is 21.1. The van der Waals surface area contributed by atoms with Gasteiger partial charge in [0, 0.05) is 24.0 Å². The zero-order valence-corrected chi connectivity index (χ0v) is 14.8. The van der Waals surface area contributed by atoms with E-state index in [1.165, 1.54) is 16.9 Å². The van der Waals surface area contributed by atoms with Gasteiger partial charge in [0.2, 0.25) is 0 Å². The Kier molecular flexibility index (Phi) is 5.75. The molecule has 0 radical (unpaired) electrons. The Morgan fingerprint density at radius 3 is 2.96 bits per heavy atom. The standard InChI is InChI=1S/C18H21NO2S2/c1-22-15-9-11-23-17(15)18(20)19-12-14-8-5-10-21-16(14)13-6-3-2-4-7-13/h2-4,6-7,9,11,14,16H,5,8,10,12H2,1H3,(H,19,20)/t14-,16-/m0/s1. The van der Waals surface area contributed by atoms with Gasteiger partial charge in [-0.15, -0.1) is 23.1 Å². The number of amides is 1. The Hall–Kier alpha value is -1.30. The van der Waals surface area contributed by atoms with Crippen molar-refractivity contribution in [1.82, 2.24) is 5.32 Å². The quantitative estimate of drug-likeness (QED) is 0.816. The molecule has 0 aliphatic carbocycles. The maximum absolute atomic E-state index is 12.4. The van der Waals surface area contributed by atoms with Crippen LogP contribution in [-0.4, -0.2) is 25.3 Å². The second-order valence-corrected chi connectivity index (χ2v) is 7.40. The van der Waals surface area contributed by atoms with Crippen molar-refractivity contribution >= 4 is 29.0 Å². The molecule has 0 unspecified atom stereocenters. The molecular formula is C18H21NO2S2. The second kappa shape index (κ2) is 7.99. The lowest BCUT2D eigenvalue weighted by molar-refractivity contribution is -0.0272. The van der Waals surface area contributed by atoms with E-state index in [2.05, 4.69) is 17.4 Å². The van der Waals surface area contributed by atoms with E-state index in [-0.39, 0.29) is 12.0 Å². The summed E-state index contributed by atoms with van der Waals surface area (Å²) in [5.41, 5.74) is 1.20. The Morgan fingerprint density at radius 2 is 2.17 bits per heavy atom. The molecular weight excluding hydrogens is 326 g/mol. The van der Waals surface area contributed by atoms with Crippen molar-refractivity contribution < 1.29 is 9.53 Å². The molecule has 0 bridgehead atoms. The van der Waals surface area contributed by atoms with Crippen LogP contribution in [0.2, 0.25) is 0 Å². The van der Waals surface area contributed by atoms with E-state index in [0.29, 0.717) is 12.5 Å². The lowest BCUT2D eigenvalue weighted by Gasteiger charge is -2.32. The van der Waals surface area contributed by atoms with Crippen LogP contribution in [0.15, 0.2) is 46.7 Å². The highest BCUT2D eigenvalue weighted by Gasteiger charge is 2.28. The molecule has 5 heteroatoms. The zero-order valence-electron chi connectivity index (χ0n) is 13.2. The summed E-state index contributed by atoms with van der Waals surface area (Å²) in [7, 11) is 0. The van der Waals surface area contributed by atoms with Crippen LogP contribution in [0.25, 0.3) is 0 Å². The molecule has 3 rings (SSSR count). The molecule has 1 aliphatic rings. The van der Waals surface area contributed by atoms with Crippen molar-refractivity contribution in [2.75, 3.05) is 19.4 Å². The fourth-order valence-electron chi connectivity index (χ4n) is 2.99. The van der Waals surface area contributed by atoms with Crippen molar-refractivity contribution in [2.24, 2.45) is 5.92 Å². The van der Waals surface area contributed by atoms with Crippen LogP contribution in [0.3, 0.4) is 0 Å². The van der Waals surface area contributed by atoms with Crippen LogP contribution in [0.4, 0.5) is 0 Å². The Labute approximate surface area is 145 Å². The number of thioether (sulfide) groups is 1. The maximum Gasteiger partial charge on any atom is 0.262 e. The van der Waals surface area contributed by atoms with Crippen LogP contribution in [0.1, 0.15) is 34.2 Å². The monoisotopic (exact) mass is 347 g/mol. The van der Waals surface area contributed by atoms with Gasteiger partial charge in [0.25, 0.3) is 5.91 Å². The Balaban J connectivity index is 1.65. The Bertz CT molecular complexity index is 641. The van der Waals surface area contributed by atoms with E-state index < -0.39 is 0 Å². The average Bonchev–Trinajstić information content (AvgIpc) is 3.09. The lowest BCUT2D eigenvalue weighted by atomic mass is 9.89. The van der Waals surface area contributed by atoms with Crippen LogP contribution in [-0.2, 0) is 4.74 Å². The summed E-state index contributed by atoms with van der Waals surface area (Å²) in [6, 6.07) is 12.3. The Morgan fingerprint density at radius 1 is 1.35 bits per heavy atom. The minimum absolute atomic E-state index is 0.0294. The third kappa shape index (κ3) is 3.97. The minimum atomic E-state index is 0.0294. The molecule has 0 saturated carbocycles. The first-order valence-corrected chi connectivity index (χ1v) is 9.96. The van der Waals surface area contributed by atoms with Gasteiger partial charge in [0.05, 0.1) is 6.10 Å². The lowest BCUT2D eigenvalue weighted by Crippen LogP contribution is -2.35. The molecule has 1 saturated heterocycles. The molecule has 23 heavy (non-hydrogen) atoms. The molecule has 122 valence electrons. The number of thiophene rings is 1. The molecule has 2 heterocycles. The van der Waals surface area contributed by atoms with Crippen molar-refractivity contribution in [3.63, 3.8) is 0 Å². The molecule has 1 aliphatic heterocycles. The van der Waals surface area contributed by atoms with Gasteiger partial charge in [-0.3, -0.25) is 4.79 Å². The second-order valence-electron chi connectivity index (χ2n) is 5.63. The number of benzene rings is 1. The van der Waals surface area contributed by atoms with Crippen molar-refractivity contribution in [1.29, 1.82) is 0 Å². The number of nitrogens with one attached hydrogen (secondary N) is 1. The van der Waals surface area contributed by atoms with Crippen molar-refractivity contribution in [2.45, 2.75) is 23.8 Å². The van der Waals surface area contributed by atoms with E-state index in [0.717, 1.165) is 29.2 Å². The third-order valence-electron chi connectivity index (χ3n) is 4.15. The van der Waals surface area contributed by atoms with E-state index >= 15 is 0 Å². The van der Waals surface area contributed by atoms with Gasteiger partial charge in [-0.1, -0.05) is 30.3 Å². The fourth-order valence-corrected chi connectivity index (χ4v) is 4.66. The summed E-state index contributed by atoms with van der Waals surface area (Å²) in [5, 5.41) is 5.08. The molecule has 1 aromatic carbocycles. The summed E-state index contributed by atoms with van der Waals surface area (Å²) in [5.74, 6) is 0.356. The molecule has 2 atom stereocenters. The van der Waals surface area contributed by atoms with Crippen LogP contribution in [0.5, 0.6) is 0 Å². The summed E-state index contributed by atoms with van der Waals surface area (Å²) < 4.78 is 5.99. The summed E-state index contributed by atoms with van der Waals surface area (Å²) in [6.07, 6.45) is 4.21. The first-order valence-electron chi connectivity index (χ1n) is 7.86. The highest BCUT2D eigenvalue weighted by molar-refractivity contribution is 7.98. The average molecular weight is 348 g/mol. The van der Waals surface area contributed by atoms with E-state index in [1.807, 2.05) is 35.9 Å². The summed E-state index contributed by atoms with van der Waals surface area (Å²) >= 11 is 3.12. The molecule has 1 N–H and O–H groups in total. The molecule has 2 aromatic rings. The number of carbonyl (C=O) groups excluding carboxylic acids is 1. The molecule has 0 spiro atoms. The first-order chi connectivity index (χ1) is 11.3. The molecule has 3 nitrogen and oxygen atoms in total. The number of carbonyl (C=O) groups is 1. The summed E-state index contributed by atoms with van der Waals surface area (Å²) in [4.78, 5) is 14.3. The van der Waals surface area contributed by atoms with Gasteiger partial charge in [0.15, 0.2) is 0 Å². The van der Waals surface area contributed by atoms with Gasteiger partial charge >= 0.3 is 0 Å². The number of hydrogen-bond acceptors (Lipinski definition) is 4. The molecule has 1 fully saturated rings. The van der Waals surface area contributed by atoms with Gasteiger partial charge in [-0.2, -0.15) is 0 Å². The van der Waals surface area contributed by atoms with E-state index in [4.69, 9.17) is 4.74 Å². The van der Waals surface area contributed by atoms with Crippen LogP contribution >= 0.6 is 23.1 Å². The van der Waals surface area contributed by atoms with Gasteiger partial charge in [-0.25, -0.2) is 0 Å². The summed E-state index contributed by atoms with van der Waals surface area (Å²) in [6.45, 7) is 1.45. The fraction of sp³-hybridized carbons (Fsp3) is 0.389. The first kappa shape index (κ1) is 16.6. The zero-order chi connectivity index (χ0) is 16.1. The smallest absolute Gasteiger partial charge is 0.262 e. The number of hydrogen-bond donors (Lipinski definition) is 1. The molecule has 1 amide bonds. The number of rotatable bonds is 5. The number of ether oxygens (including phenoxy) is 1. The van der Waals surface area contributed by atoms with Crippen LogP contribution < -0.4 is 5.32 Å². The third-order valence-corrected chi connectivity index (χ3v) is 5.98. The highest BCUT2D eigenvalue weighted by atomic mass is 32.2. The van der Waals surface area contributed by atoms with Crippen LogP contribution in [0, 0.1) is 5.92 Å². The van der Waals surface area contributed by atoms with Crippen molar-refractivity contribution in [3.8, 4) is 0 Å². The van der Waals surface area contributed by atoms with Gasteiger partial charge in [-0.05, 0) is 36.1 Å². The highest BCUT2D eigenvalue weighted by Crippen LogP contribution is 2.33. The van der Waals surface area contributed by atoms with Gasteiger partial charge in [0.1, 0.15) is 4.88 Å². The maximum atomic E-state index is 12.4. The SMILES string of the molecule is CSc1ccsc1C(=O)NC[C@@H]1CCCO[C@H]1c1ccccc1. The predicted molar refractivity (Wildman–Crippen MR) is 96.3 cm³/mol.